The molecule has 94 heavy (non-hydrogen) atoms. The van der Waals surface area contributed by atoms with E-state index >= 15 is 4.79 Å². The quantitative estimate of drug-likeness (QED) is 0.135. The van der Waals surface area contributed by atoms with E-state index in [0.717, 1.165) is 75.5 Å². The number of allylic oxidation sites excluding steroid dienone is 13. The molecular weight excluding hydrogens is 1140 g/mol. The zero-order valence-corrected chi connectivity index (χ0v) is 53.5. The van der Waals surface area contributed by atoms with Crippen molar-refractivity contribution in [3.05, 3.63) is 379 Å². The first-order valence-corrected chi connectivity index (χ1v) is 35.4. The smallest absolute Gasteiger partial charge is 0.193 e. The summed E-state index contributed by atoms with van der Waals surface area (Å²) in [4.78, 5) is 20.8. The third-order valence-corrected chi connectivity index (χ3v) is 25.2. The Morgan fingerprint density at radius 1 is 0.447 bits per heavy atom. The second kappa shape index (κ2) is 21.9. The lowest BCUT2D eigenvalue weighted by Gasteiger charge is -2.72. The van der Waals surface area contributed by atoms with Crippen LogP contribution in [0.2, 0.25) is 0 Å². The minimum atomic E-state index is -1.47. The second-order valence-corrected chi connectivity index (χ2v) is 28.9. The van der Waals surface area contributed by atoms with Gasteiger partial charge >= 0.3 is 0 Å². The molecule has 9 aromatic carbocycles. The summed E-state index contributed by atoms with van der Waals surface area (Å²) >= 11 is 0. The van der Waals surface area contributed by atoms with Crippen molar-refractivity contribution in [2.45, 2.75) is 129 Å². The lowest BCUT2D eigenvalue weighted by Crippen LogP contribution is -2.74. The summed E-state index contributed by atoms with van der Waals surface area (Å²) in [6.07, 6.45) is 40.2. The van der Waals surface area contributed by atoms with Gasteiger partial charge in [0, 0.05) is 40.4 Å². The highest BCUT2D eigenvalue weighted by molar-refractivity contribution is 6.06. The van der Waals surface area contributed by atoms with E-state index in [1.807, 2.05) is 0 Å². The fourth-order valence-electron chi connectivity index (χ4n) is 22.0. The number of Topliss-reactive ketones (excluding diaryl/α,β-unsaturated/α-hetero) is 1. The zero-order valence-electron chi connectivity index (χ0n) is 53.5. The molecule has 11 unspecified atom stereocenters. The fourth-order valence-corrected chi connectivity index (χ4v) is 22.0. The number of carbonyl (C=O) groups is 1. The van der Waals surface area contributed by atoms with Crippen LogP contribution in [0.1, 0.15) is 164 Å². The highest BCUT2D eigenvalue weighted by atomic mass is 16.5. The van der Waals surface area contributed by atoms with Gasteiger partial charge < -0.3 is 4.74 Å². The molecule has 10 aliphatic rings. The van der Waals surface area contributed by atoms with Crippen molar-refractivity contribution < 1.29 is 9.53 Å². The molecule has 9 aromatic rings. The van der Waals surface area contributed by atoms with Gasteiger partial charge in [0.1, 0.15) is 11.2 Å². The van der Waals surface area contributed by atoms with E-state index in [4.69, 9.17) is 0 Å². The Labute approximate surface area is 554 Å². The van der Waals surface area contributed by atoms with Gasteiger partial charge in [-0.05, 0) is 187 Å². The fraction of sp³-hybridized carbons (Fsp3) is 0.250. The predicted octanol–water partition coefficient (Wildman–Crippen LogP) is 21.0. The average Bonchev–Trinajstić information content (AvgIpc) is 1.25. The van der Waals surface area contributed by atoms with Crippen LogP contribution in [0, 0.1) is 11.3 Å². The molecule has 1 heterocycles. The lowest BCUT2D eigenvalue weighted by molar-refractivity contribution is -0.146. The first kappa shape index (κ1) is 56.2. The predicted molar refractivity (Wildman–Crippen MR) is 383 cm³/mol. The van der Waals surface area contributed by atoms with Crippen molar-refractivity contribution in [1.29, 1.82) is 0 Å². The summed E-state index contributed by atoms with van der Waals surface area (Å²) in [5.41, 5.74) is 18.6. The van der Waals surface area contributed by atoms with Crippen LogP contribution >= 0.6 is 0 Å². The van der Waals surface area contributed by atoms with Gasteiger partial charge in [0.15, 0.2) is 11.4 Å². The number of carbonyl (C=O) groups excluding carboxylic acids is 1. The topological polar surface area (TPSA) is 26.3 Å². The molecule has 1 aliphatic heterocycles. The number of ketones is 1. The van der Waals surface area contributed by atoms with E-state index in [2.05, 4.69) is 285 Å². The van der Waals surface area contributed by atoms with Gasteiger partial charge in [-0.1, -0.05) is 292 Å². The molecule has 1 saturated heterocycles. The summed E-state index contributed by atoms with van der Waals surface area (Å²) in [7, 11) is 0. The van der Waals surface area contributed by atoms with E-state index in [0.29, 0.717) is 6.42 Å². The largest absolute Gasteiger partial charge is 0.481 e. The molecule has 19 rings (SSSR count). The van der Waals surface area contributed by atoms with Gasteiger partial charge in [-0.3, -0.25) is 4.79 Å². The molecule has 2 heteroatoms. The first-order chi connectivity index (χ1) is 46.6. The number of rotatable bonds is 9. The maximum atomic E-state index is 20.8. The van der Waals surface area contributed by atoms with Crippen LogP contribution in [0.5, 0.6) is 0 Å². The second-order valence-electron chi connectivity index (χ2n) is 28.9. The van der Waals surface area contributed by atoms with Gasteiger partial charge in [0.05, 0.1) is 5.92 Å². The Balaban J connectivity index is 1.13. The number of fused-ring (bicyclic) bond motifs is 9. The highest BCUT2D eigenvalue weighted by Gasteiger charge is 2.87. The van der Waals surface area contributed by atoms with Crippen LogP contribution in [0.15, 0.2) is 296 Å². The van der Waals surface area contributed by atoms with Crippen molar-refractivity contribution in [3.63, 3.8) is 0 Å². The van der Waals surface area contributed by atoms with Gasteiger partial charge in [-0.15, -0.1) is 0 Å². The summed E-state index contributed by atoms with van der Waals surface area (Å²) in [6, 6.07) is 82.9. The number of ether oxygens (including phenoxy) is 1. The molecular formula is C92H78O2. The SMILES string of the molecule is O=C1C(C2C=Cc3ccccc32)(C2CC=Cc3ccccc32)OC2=C(C3CCCc4ccccc43)C(c3cccc4c3CCCCC4)C(c3ccccc3)(C3C=CC=C4C=CC=CC=C43)C(c3cccc4ccccc34)(C3CCc4ccccc43)C12C1Cc2ccccc21. The number of hydrogen-bond acceptors (Lipinski definition) is 2. The zero-order chi connectivity index (χ0) is 62.2. The summed E-state index contributed by atoms with van der Waals surface area (Å²) in [5.74, 6) is -0.880. The third-order valence-electron chi connectivity index (χ3n) is 25.2. The van der Waals surface area contributed by atoms with Crippen LogP contribution in [0.25, 0.3) is 22.9 Å². The molecule has 0 radical (unpaired) electrons. The normalized spacial score (nSPS) is 29.7. The molecule has 0 spiro atoms. The lowest BCUT2D eigenvalue weighted by atomic mass is 9.27. The molecule has 9 aliphatic carbocycles. The Morgan fingerprint density at radius 3 is 1.97 bits per heavy atom. The highest BCUT2D eigenvalue weighted by Crippen LogP contribution is 2.85. The maximum Gasteiger partial charge on any atom is 0.193 e. The molecule has 0 N–H and O–H groups in total. The minimum absolute atomic E-state index is 0.107. The van der Waals surface area contributed by atoms with E-state index in [9.17, 15) is 4.74 Å². The molecule has 458 valence electrons. The van der Waals surface area contributed by atoms with E-state index < -0.39 is 27.8 Å². The monoisotopic (exact) mass is 1210 g/mol. The Bertz CT molecular complexity index is 4880. The van der Waals surface area contributed by atoms with Gasteiger partial charge in [-0.25, -0.2) is 0 Å². The molecule has 0 bridgehead atoms. The van der Waals surface area contributed by atoms with Crippen LogP contribution in [-0.2, 0) is 52.5 Å². The van der Waals surface area contributed by atoms with Crippen molar-refractivity contribution in [3.8, 4) is 0 Å². The Kier molecular flexibility index (Phi) is 13.1. The molecule has 0 amide bonds. The Hall–Kier alpha value is -9.37. The summed E-state index contributed by atoms with van der Waals surface area (Å²) in [6.45, 7) is 0. The molecule has 11 atom stereocenters. The van der Waals surface area contributed by atoms with E-state index in [1.54, 1.807) is 0 Å². The molecule has 0 aromatic heterocycles. The number of aryl methyl sites for hydroxylation is 3. The molecule has 2 nitrogen and oxygen atoms in total. The van der Waals surface area contributed by atoms with Crippen LogP contribution in [-0.4, -0.2) is 11.4 Å². The van der Waals surface area contributed by atoms with Gasteiger partial charge in [-0.2, -0.15) is 0 Å². The first-order valence-electron chi connectivity index (χ1n) is 35.4. The third kappa shape index (κ3) is 7.57. The van der Waals surface area contributed by atoms with Gasteiger partial charge in [0.25, 0.3) is 0 Å². The maximum absolute atomic E-state index is 20.8. The minimum Gasteiger partial charge on any atom is -0.481 e. The van der Waals surface area contributed by atoms with Crippen molar-refractivity contribution in [2.75, 3.05) is 0 Å². The molecule has 0 saturated carbocycles. The summed E-state index contributed by atoms with van der Waals surface area (Å²) in [5, 5.41) is 2.40. The average molecular weight is 1220 g/mol. The van der Waals surface area contributed by atoms with Crippen LogP contribution in [0.4, 0.5) is 0 Å². The van der Waals surface area contributed by atoms with Gasteiger partial charge in [0.2, 0.25) is 0 Å². The standard InChI is InChI=1S/C92H78O2/c93-88-90(84-59-67-34-15-21-49-76(67)84)87(94-91(88,81-57-55-65-32-13-18-46-73(65)81)80-53-25-38-63-30-11-17-45-72(63)80)85(77-50-22-35-60-29-10-16-43-69(60)77)86(78-51-23-36-61-27-4-1-8-42-70(61)78)89(68-40-6-3-7-41-68,79-52-24-37-62-28-5-2-9-44-71(62)79)92(90,83-58-56-66-33-14-20-48-75(66)83)82-54-26-39-64-31-12-19-47-74(64)82/h2-3,5-7,9-21,23-26,28-34,36-41,43-49,51-52,54-55,57,77,79-81,83-84,86H,1,4,8,22,27,35,42,50,53,56,58-59H2. The Morgan fingerprint density at radius 2 is 1.12 bits per heavy atom. The molecule has 1 fully saturated rings. The van der Waals surface area contributed by atoms with Crippen molar-refractivity contribution >= 4 is 28.7 Å². The van der Waals surface area contributed by atoms with Crippen molar-refractivity contribution in [2.24, 2.45) is 11.3 Å². The van der Waals surface area contributed by atoms with E-state index in [1.165, 1.54) is 112 Å². The summed E-state index contributed by atoms with van der Waals surface area (Å²) < 4.78 is 9.54. The van der Waals surface area contributed by atoms with Crippen LogP contribution < -0.4 is 0 Å². The van der Waals surface area contributed by atoms with E-state index in [-0.39, 0.29) is 41.3 Å². The van der Waals surface area contributed by atoms with Crippen molar-refractivity contribution in [1.82, 2.24) is 0 Å². The number of benzene rings is 9. The van der Waals surface area contributed by atoms with Crippen LogP contribution in [0.3, 0.4) is 0 Å². The number of hydrogen-bond donors (Lipinski definition) is 0.